The molecule has 1 spiro atoms. The lowest BCUT2D eigenvalue weighted by Crippen LogP contribution is -2.61. The van der Waals surface area contributed by atoms with Gasteiger partial charge in [0.1, 0.15) is 6.10 Å². The molecule has 2 amide bonds. The van der Waals surface area contributed by atoms with Crippen LogP contribution in [-0.4, -0.2) is 83.1 Å². The molecule has 1 aromatic rings. The SMILES string of the molecule is CCOC(=O)C(=O)CNC(=O)NC1=CS(=O)(=O)OC12C(O[Si](C)(C)C(C)(C)C)O[C@@H](n1cc(C)c(=O)n(C)c1=O)C2O[Si](C)(C)C(C)(C)C. The molecule has 1 saturated heterocycles. The summed E-state index contributed by atoms with van der Waals surface area (Å²) < 4.78 is 59.7. The summed E-state index contributed by atoms with van der Waals surface area (Å²) in [5, 5.41) is 4.52. The van der Waals surface area contributed by atoms with Crippen LogP contribution in [0.1, 0.15) is 60.3 Å². The normalized spacial score (nSPS) is 24.1. The summed E-state index contributed by atoms with van der Waals surface area (Å²) >= 11 is 0. The Balaban J connectivity index is 2.31. The Bertz CT molecular complexity index is 1750. The fourth-order valence-electron chi connectivity index (χ4n) is 4.68. The third-order valence-electron chi connectivity index (χ3n) is 9.59. The zero-order chi connectivity index (χ0) is 37.7. The second kappa shape index (κ2) is 13.6. The Kier molecular flexibility index (Phi) is 11.3. The number of amides is 2. The minimum atomic E-state index is -4.57. The summed E-state index contributed by atoms with van der Waals surface area (Å²) in [6, 6.07) is -1.06. The number of nitrogens with zero attached hydrogens (tertiary/aromatic N) is 2. The number of ketones is 1. The highest BCUT2D eigenvalue weighted by Crippen LogP contribution is 2.54. The number of nitrogens with one attached hydrogen (secondary N) is 2. The first-order chi connectivity index (χ1) is 22.1. The number of Topliss-reactive ketones (excluding diaryl/α,β-unsaturated/α-hetero) is 1. The molecule has 1 fully saturated rings. The van der Waals surface area contributed by atoms with E-state index in [2.05, 4.69) is 15.4 Å². The average Bonchev–Trinajstić information content (AvgIpc) is 3.38. The predicted octanol–water partition coefficient (Wildman–Crippen LogP) is 2.49. The average molecular weight is 747 g/mol. The number of hydrogen-bond donors (Lipinski definition) is 2. The van der Waals surface area contributed by atoms with Crippen LogP contribution in [0, 0.1) is 6.92 Å². The lowest BCUT2D eigenvalue weighted by Gasteiger charge is -2.45. The number of aromatic nitrogens is 2. The Morgan fingerprint density at radius 1 is 1.00 bits per heavy atom. The Morgan fingerprint density at radius 3 is 2.08 bits per heavy atom. The van der Waals surface area contributed by atoms with Crippen molar-refractivity contribution >= 4 is 44.5 Å². The van der Waals surface area contributed by atoms with Gasteiger partial charge in [0.05, 0.1) is 24.3 Å². The van der Waals surface area contributed by atoms with E-state index in [9.17, 15) is 32.4 Å². The van der Waals surface area contributed by atoms with E-state index in [-0.39, 0.29) is 17.9 Å². The molecule has 0 aliphatic carbocycles. The van der Waals surface area contributed by atoms with Gasteiger partial charge in [0.2, 0.25) is 5.60 Å². The van der Waals surface area contributed by atoms with Crippen molar-refractivity contribution in [3.63, 3.8) is 0 Å². The Hall–Kier alpha value is -2.95. The van der Waals surface area contributed by atoms with Crippen molar-refractivity contribution in [1.82, 2.24) is 19.8 Å². The largest absolute Gasteiger partial charge is 0.460 e. The first-order valence-electron chi connectivity index (χ1n) is 15.8. The lowest BCUT2D eigenvalue weighted by molar-refractivity contribution is -0.153. The standard InChI is InChI=1S/C30H50N4O12SSi2/c1-14-42-24(37)19(35)15-31-26(38)32-20-17-47(40,41)46-30(20)21(44-48(10,11)28(3,4)5)23(34-16-18(2)22(36)33(9)27(34)39)43-25(30)45-49(12,13)29(6,7)8/h16-17,21,23,25H,14-15H2,1-13H3,(H2,31,32,38)/t21?,23-,25?,30?/m1/s1. The fourth-order valence-corrected chi connectivity index (χ4v) is 8.31. The highest BCUT2D eigenvalue weighted by Gasteiger charge is 2.69. The van der Waals surface area contributed by atoms with Gasteiger partial charge in [-0.15, -0.1) is 0 Å². The van der Waals surface area contributed by atoms with Crippen LogP contribution in [0.3, 0.4) is 0 Å². The molecule has 2 aliphatic rings. The van der Waals surface area contributed by atoms with Crippen molar-refractivity contribution < 1.29 is 45.3 Å². The number of carbonyl (C=O) groups excluding carboxylic acids is 3. The molecular formula is C30H50N4O12SSi2. The van der Waals surface area contributed by atoms with Crippen LogP contribution >= 0.6 is 0 Å². The molecule has 0 aromatic carbocycles. The molecule has 3 heterocycles. The maximum absolute atomic E-state index is 13.7. The Labute approximate surface area is 288 Å². The topological polar surface area (TPSA) is 200 Å². The van der Waals surface area contributed by atoms with Crippen LogP contribution in [0.15, 0.2) is 26.9 Å². The van der Waals surface area contributed by atoms with Gasteiger partial charge in [-0.2, -0.15) is 8.42 Å². The van der Waals surface area contributed by atoms with Gasteiger partial charge in [-0.05, 0) is 50.1 Å². The molecule has 16 nitrogen and oxygen atoms in total. The number of ether oxygens (including phenoxy) is 2. The van der Waals surface area contributed by atoms with Gasteiger partial charge in [0, 0.05) is 18.8 Å². The number of carbonyl (C=O) groups is 3. The van der Waals surface area contributed by atoms with Crippen LogP contribution in [0.5, 0.6) is 0 Å². The molecule has 2 N–H and O–H groups in total. The number of urea groups is 1. The molecule has 49 heavy (non-hydrogen) atoms. The molecule has 0 radical (unpaired) electrons. The van der Waals surface area contributed by atoms with E-state index in [1.54, 1.807) is 0 Å². The van der Waals surface area contributed by atoms with E-state index in [0.717, 1.165) is 9.13 Å². The Morgan fingerprint density at radius 2 is 1.55 bits per heavy atom. The van der Waals surface area contributed by atoms with Crippen LogP contribution in [0.25, 0.3) is 0 Å². The highest BCUT2D eigenvalue weighted by atomic mass is 32.2. The zero-order valence-corrected chi connectivity index (χ0v) is 33.3. The molecule has 0 bridgehead atoms. The van der Waals surface area contributed by atoms with Gasteiger partial charge in [-0.1, -0.05) is 41.5 Å². The minimum absolute atomic E-state index is 0.0496. The van der Waals surface area contributed by atoms with E-state index < -0.39 is 96.6 Å². The molecule has 0 saturated carbocycles. The summed E-state index contributed by atoms with van der Waals surface area (Å²) in [5.41, 5.74) is -3.71. The molecule has 2 aliphatic heterocycles. The third kappa shape index (κ3) is 8.02. The number of aryl methyl sites for hydroxylation is 1. The van der Waals surface area contributed by atoms with E-state index in [0.29, 0.717) is 5.41 Å². The van der Waals surface area contributed by atoms with Crippen LogP contribution in [-0.2, 0) is 49.3 Å². The molecule has 3 unspecified atom stereocenters. The highest BCUT2D eigenvalue weighted by molar-refractivity contribution is 7.90. The van der Waals surface area contributed by atoms with E-state index >= 15 is 0 Å². The van der Waals surface area contributed by atoms with Gasteiger partial charge in [-0.3, -0.25) is 18.7 Å². The summed E-state index contributed by atoms with van der Waals surface area (Å²) in [5.74, 6) is -2.19. The molecular weight excluding hydrogens is 697 g/mol. The van der Waals surface area contributed by atoms with Gasteiger partial charge in [0.15, 0.2) is 29.2 Å². The first-order valence-corrected chi connectivity index (χ1v) is 23.1. The second-order valence-corrected chi connectivity index (χ2v) is 26.2. The zero-order valence-electron chi connectivity index (χ0n) is 30.5. The lowest BCUT2D eigenvalue weighted by atomic mass is 9.93. The molecule has 3 rings (SSSR count). The van der Waals surface area contributed by atoms with Crippen molar-refractivity contribution in [1.29, 1.82) is 0 Å². The summed E-state index contributed by atoms with van der Waals surface area (Å²) in [6.45, 7) is 21.6. The molecule has 19 heteroatoms. The van der Waals surface area contributed by atoms with Gasteiger partial charge in [-0.25, -0.2) is 18.6 Å². The maximum atomic E-state index is 13.7. The van der Waals surface area contributed by atoms with Crippen molar-refractivity contribution in [3.05, 3.63) is 43.7 Å². The summed E-state index contributed by atoms with van der Waals surface area (Å²) in [7, 11) is -9.05. The van der Waals surface area contributed by atoms with Crippen molar-refractivity contribution in [3.8, 4) is 0 Å². The smallest absolute Gasteiger partial charge is 0.376 e. The first kappa shape index (κ1) is 40.5. The van der Waals surface area contributed by atoms with Gasteiger partial charge < -0.3 is 29.0 Å². The summed E-state index contributed by atoms with van der Waals surface area (Å²) in [6.07, 6.45) is -3.16. The minimum Gasteiger partial charge on any atom is -0.460 e. The van der Waals surface area contributed by atoms with E-state index in [1.165, 1.54) is 27.1 Å². The van der Waals surface area contributed by atoms with E-state index in [1.807, 2.05) is 67.7 Å². The predicted molar refractivity (Wildman–Crippen MR) is 184 cm³/mol. The molecule has 4 atom stereocenters. The number of hydrogen-bond acceptors (Lipinski definition) is 12. The van der Waals surface area contributed by atoms with E-state index in [4.69, 9.17) is 17.8 Å². The number of rotatable bonds is 10. The van der Waals surface area contributed by atoms with Gasteiger partial charge in [0.25, 0.3) is 21.5 Å². The second-order valence-electron chi connectivity index (χ2n) is 15.3. The molecule has 276 valence electrons. The van der Waals surface area contributed by atoms with Crippen molar-refractivity contribution in [2.24, 2.45) is 7.05 Å². The van der Waals surface area contributed by atoms with Crippen LogP contribution in [0.4, 0.5) is 4.79 Å². The maximum Gasteiger partial charge on any atom is 0.376 e. The molecule has 1 aromatic heterocycles. The fraction of sp³-hybridized carbons (Fsp3) is 0.700. The van der Waals surface area contributed by atoms with Gasteiger partial charge >= 0.3 is 17.7 Å². The van der Waals surface area contributed by atoms with Crippen LogP contribution < -0.4 is 21.9 Å². The quantitative estimate of drug-likeness (QED) is 0.154. The monoisotopic (exact) mass is 746 g/mol. The van der Waals surface area contributed by atoms with Crippen molar-refractivity contribution in [2.75, 3.05) is 13.2 Å². The van der Waals surface area contributed by atoms with Crippen LogP contribution in [0.2, 0.25) is 36.3 Å². The number of esters is 1. The summed E-state index contributed by atoms with van der Waals surface area (Å²) in [4.78, 5) is 63.6. The third-order valence-corrected chi connectivity index (χ3v) is 19.5. The van der Waals surface area contributed by atoms with Crippen molar-refractivity contribution in [2.45, 2.75) is 116 Å².